The molecule has 1 aromatic heterocycles. The maximum absolute atomic E-state index is 13.4. The summed E-state index contributed by atoms with van der Waals surface area (Å²) >= 11 is 0. The molecule has 0 unspecified atom stereocenters. The van der Waals surface area contributed by atoms with E-state index in [1.807, 2.05) is 4.90 Å². The molecular formula is C17H16F3N5O. The normalized spacial score (nSPS) is 14.9. The maximum atomic E-state index is 13.4. The quantitative estimate of drug-likeness (QED) is 0.835. The Labute approximate surface area is 148 Å². The van der Waals surface area contributed by atoms with Crippen LogP contribution in [0.15, 0.2) is 30.6 Å². The number of hydrogen-bond acceptors (Lipinski definition) is 6. The van der Waals surface area contributed by atoms with Crippen LogP contribution in [0.2, 0.25) is 0 Å². The van der Waals surface area contributed by atoms with Gasteiger partial charge in [0.2, 0.25) is 5.88 Å². The van der Waals surface area contributed by atoms with Gasteiger partial charge in [-0.05, 0) is 18.2 Å². The third-order valence-electron chi connectivity index (χ3n) is 4.21. The van der Waals surface area contributed by atoms with Gasteiger partial charge in [0.15, 0.2) is 0 Å². The SMILES string of the molecule is COc1cc(N2CCN(c3ccc(C#N)cc3C(F)(F)F)CC2)ncn1. The number of piperazine rings is 1. The molecule has 0 saturated carbocycles. The lowest BCUT2D eigenvalue weighted by Crippen LogP contribution is -2.47. The van der Waals surface area contributed by atoms with Crippen molar-refractivity contribution in [2.75, 3.05) is 43.1 Å². The van der Waals surface area contributed by atoms with Gasteiger partial charge in [-0.25, -0.2) is 9.97 Å². The average molecular weight is 363 g/mol. The van der Waals surface area contributed by atoms with Crippen LogP contribution in [0.1, 0.15) is 11.1 Å². The Bertz CT molecular complexity index is 826. The Morgan fingerprint density at radius 3 is 2.38 bits per heavy atom. The molecule has 0 atom stereocenters. The van der Waals surface area contributed by atoms with Crippen molar-refractivity contribution in [3.63, 3.8) is 0 Å². The zero-order valence-electron chi connectivity index (χ0n) is 14.0. The summed E-state index contributed by atoms with van der Waals surface area (Å²) in [6.45, 7) is 1.83. The monoisotopic (exact) mass is 363 g/mol. The van der Waals surface area contributed by atoms with Crippen LogP contribution in [0.4, 0.5) is 24.7 Å². The maximum Gasteiger partial charge on any atom is 0.418 e. The molecule has 0 amide bonds. The minimum atomic E-state index is -4.51. The number of anilines is 2. The summed E-state index contributed by atoms with van der Waals surface area (Å²) in [4.78, 5) is 11.8. The van der Waals surface area contributed by atoms with E-state index in [1.54, 1.807) is 17.0 Å². The van der Waals surface area contributed by atoms with Crippen molar-refractivity contribution < 1.29 is 17.9 Å². The number of alkyl halides is 3. The highest BCUT2D eigenvalue weighted by molar-refractivity contribution is 5.59. The van der Waals surface area contributed by atoms with E-state index < -0.39 is 11.7 Å². The van der Waals surface area contributed by atoms with Crippen molar-refractivity contribution in [3.8, 4) is 11.9 Å². The third kappa shape index (κ3) is 3.64. The molecule has 9 heteroatoms. The van der Waals surface area contributed by atoms with E-state index in [9.17, 15) is 13.2 Å². The lowest BCUT2D eigenvalue weighted by molar-refractivity contribution is -0.137. The first kappa shape index (κ1) is 17.8. The molecule has 136 valence electrons. The molecule has 26 heavy (non-hydrogen) atoms. The zero-order chi connectivity index (χ0) is 18.7. The number of nitriles is 1. The van der Waals surface area contributed by atoms with Gasteiger partial charge >= 0.3 is 6.18 Å². The van der Waals surface area contributed by atoms with Gasteiger partial charge in [0.25, 0.3) is 0 Å². The van der Waals surface area contributed by atoms with Crippen molar-refractivity contribution in [2.24, 2.45) is 0 Å². The Morgan fingerprint density at radius 2 is 1.77 bits per heavy atom. The highest BCUT2D eigenvalue weighted by Gasteiger charge is 2.36. The van der Waals surface area contributed by atoms with E-state index in [-0.39, 0.29) is 11.3 Å². The molecule has 0 N–H and O–H groups in total. The second kappa shape index (κ2) is 7.07. The van der Waals surface area contributed by atoms with Crippen LogP contribution in [0.5, 0.6) is 5.88 Å². The molecule has 2 heterocycles. The fourth-order valence-electron chi connectivity index (χ4n) is 2.90. The molecule has 1 fully saturated rings. The number of benzene rings is 1. The van der Waals surface area contributed by atoms with E-state index in [1.165, 1.54) is 25.6 Å². The molecule has 6 nitrogen and oxygen atoms in total. The van der Waals surface area contributed by atoms with E-state index in [4.69, 9.17) is 10.00 Å². The fourth-order valence-corrected chi connectivity index (χ4v) is 2.90. The molecule has 1 aromatic carbocycles. The van der Waals surface area contributed by atoms with Crippen LogP contribution < -0.4 is 14.5 Å². The molecule has 0 bridgehead atoms. The summed E-state index contributed by atoms with van der Waals surface area (Å²) in [5.74, 6) is 1.11. The number of hydrogen-bond donors (Lipinski definition) is 0. The Hall–Kier alpha value is -3.02. The number of halogens is 3. The molecule has 0 aliphatic carbocycles. The van der Waals surface area contributed by atoms with Gasteiger partial charge in [-0.3, -0.25) is 0 Å². The average Bonchev–Trinajstić information content (AvgIpc) is 2.67. The largest absolute Gasteiger partial charge is 0.481 e. The van der Waals surface area contributed by atoms with Crippen LogP contribution in [-0.2, 0) is 6.18 Å². The summed E-state index contributed by atoms with van der Waals surface area (Å²) in [6, 6.07) is 7.12. The van der Waals surface area contributed by atoms with Crippen molar-refractivity contribution in [1.29, 1.82) is 5.26 Å². The fraction of sp³-hybridized carbons (Fsp3) is 0.353. The van der Waals surface area contributed by atoms with E-state index >= 15 is 0 Å². The lowest BCUT2D eigenvalue weighted by atomic mass is 10.1. The van der Waals surface area contributed by atoms with Crippen molar-refractivity contribution in [1.82, 2.24) is 9.97 Å². The second-order valence-electron chi connectivity index (χ2n) is 5.73. The standard InChI is InChI=1S/C17H16F3N5O/c1-26-16-9-15(22-11-23-16)25-6-4-24(5-7-25)14-3-2-12(10-21)8-13(14)17(18,19)20/h2-3,8-9,11H,4-7H2,1H3. The number of nitrogens with zero attached hydrogens (tertiary/aromatic N) is 5. The van der Waals surface area contributed by atoms with Crippen LogP contribution in [0.25, 0.3) is 0 Å². The summed E-state index contributed by atoms with van der Waals surface area (Å²) in [5, 5.41) is 8.87. The first-order chi connectivity index (χ1) is 12.4. The first-order valence-electron chi connectivity index (χ1n) is 7.89. The molecule has 3 rings (SSSR count). The highest BCUT2D eigenvalue weighted by atomic mass is 19.4. The first-order valence-corrected chi connectivity index (χ1v) is 7.89. The molecule has 0 radical (unpaired) electrons. The van der Waals surface area contributed by atoms with Crippen LogP contribution in [0.3, 0.4) is 0 Å². The van der Waals surface area contributed by atoms with Crippen molar-refractivity contribution in [3.05, 3.63) is 41.7 Å². The number of ether oxygens (including phenoxy) is 1. The van der Waals surface area contributed by atoms with Gasteiger partial charge < -0.3 is 14.5 Å². The Balaban J connectivity index is 1.79. The van der Waals surface area contributed by atoms with Crippen LogP contribution in [-0.4, -0.2) is 43.3 Å². The predicted octanol–water partition coefficient (Wildman–Crippen LogP) is 2.70. The minimum Gasteiger partial charge on any atom is -0.481 e. The summed E-state index contributed by atoms with van der Waals surface area (Å²) < 4.78 is 45.2. The molecular weight excluding hydrogens is 347 g/mol. The second-order valence-corrected chi connectivity index (χ2v) is 5.73. The smallest absolute Gasteiger partial charge is 0.418 e. The van der Waals surface area contributed by atoms with Gasteiger partial charge in [-0.15, -0.1) is 0 Å². The minimum absolute atomic E-state index is 0.00667. The zero-order valence-corrected chi connectivity index (χ0v) is 14.0. The topological polar surface area (TPSA) is 65.3 Å². The van der Waals surface area contributed by atoms with Crippen LogP contribution >= 0.6 is 0 Å². The summed E-state index contributed by atoms with van der Waals surface area (Å²) in [6.07, 6.45) is -3.12. The molecule has 0 spiro atoms. The van der Waals surface area contributed by atoms with Gasteiger partial charge in [0, 0.05) is 37.9 Å². The van der Waals surface area contributed by atoms with Crippen molar-refractivity contribution in [2.45, 2.75) is 6.18 Å². The third-order valence-corrected chi connectivity index (χ3v) is 4.21. The summed E-state index contributed by atoms with van der Waals surface area (Å²) in [5.41, 5.74) is -0.696. The summed E-state index contributed by atoms with van der Waals surface area (Å²) in [7, 11) is 1.51. The number of aromatic nitrogens is 2. The Kier molecular flexibility index (Phi) is 4.84. The van der Waals surface area contributed by atoms with E-state index in [0.29, 0.717) is 37.9 Å². The number of methoxy groups -OCH3 is 1. The van der Waals surface area contributed by atoms with Gasteiger partial charge in [-0.1, -0.05) is 0 Å². The highest BCUT2D eigenvalue weighted by Crippen LogP contribution is 2.37. The van der Waals surface area contributed by atoms with Gasteiger partial charge in [-0.2, -0.15) is 18.4 Å². The molecule has 1 aliphatic heterocycles. The van der Waals surface area contributed by atoms with Gasteiger partial charge in [0.1, 0.15) is 12.1 Å². The Morgan fingerprint density at radius 1 is 1.08 bits per heavy atom. The van der Waals surface area contributed by atoms with E-state index in [2.05, 4.69) is 9.97 Å². The van der Waals surface area contributed by atoms with E-state index in [0.717, 1.165) is 6.07 Å². The van der Waals surface area contributed by atoms with Gasteiger partial charge in [0.05, 0.1) is 24.3 Å². The molecule has 1 aliphatic rings. The van der Waals surface area contributed by atoms with Crippen molar-refractivity contribution >= 4 is 11.5 Å². The lowest BCUT2D eigenvalue weighted by Gasteiger charge is -2.37. The van der Waals surface area contributed by atoms with Crippen LogP contribution in [0, 0.1) is 11.3 Å². The number of rotatable bonds is 3. The predicted molar refractivity (Wildman–Crippen MR) is 89.2 cm³/mol. The molecule has 2 aromatic rings. The molecule has 1 saturated heterocycles.